The zero-order chi connectivity index (χ0) is 16.2. The SMILES string of the molecule is CCOC(=O)c1c(-c2[nH]ccc2C2CCCCCC2)n[nH]c1C. The number of carbonyl (C=O) groups excluding carboxylic acids is 1. The van der Waals surface area contributed by atoms with Crippen LogP contribution in [0.3, 0.4) is 0 Å². The van der Waals surface area contributed by atoms with E-state index in [0.717, 1.165) is 11.4 Å². The third kappa shape index (κ3) is 3.19. The normalized spacial score (nSPS) is 16.3. The second-order valence-electron chi connectivity index (χ2n) is 6.29. The van der Waals surface area contributed by atoms with Gasteiger partial charge in [0, 0.05) is 11.9 Å². The molecule has 1 fully saturated rings. The molecular formula is C18H25N3O2. The highest BCUT2D eigenvalue weighted by atomic mass is 16.5. The molecule has 0 unspecified atom stereocenters. The number of H-pyrrole nitrogens is 2. The zero-order valence-corrected chi connectivity index (χ0v) is 13.9. The van der Waals surface area contributed by atoms with Gasteiger partial charge >= 0.3 is 5.97 Å². The molecule has 0 bridgehead atoms. The molecule has 0 spiro atoms. The minimum atomic E-state index is -0.310. The zero-order valence-electron chi connectivity index (χ0n) is 13.9. The number of hydrogen-bond donors (Lipinski definition) is 2. The van der Waals surface area contributed by atoms with E-state index in [0.29, 0.717) is 23.8 Å². The number of ether oxygens (including phenoxy) is 1. The van der Waals surface area contributed by atoms with Crippen LogP contribution in [-0.2, 0) is 4.74 Å². The van der Waals surface area contributed by atoms with Gasteiger partial charge in [-0.05, 0) is 44.2 Å². The highest BCUT2D eigenvalue weighted by Crippen LogP contribution is 2.37. The van der Waals surface area contributed by atoms with Crippen molar-refractivity contribution in [3.63, 3.8) is 0 Å². The van der Waals surface area contributed by atoms with Gasteiger partial charge in [-0.2, -0.15) is 5.10 Å². The number of esters is 1. The largest absolute Gasteiger partial charge is 0.462 e. The predicted molar refractivity (Wildman–Crippen MR) is 89.5 cm³/mol. The van der Waals surface area contributed by atoms with Crippen LogP contribution in [0, 0.1) is 6.92 Å². The van der Waals surface area contributed by atoms with Crippen molar-refractivity contribution in [2.24, 2.45) is 0 Å². The van der Waals surface area contributed by atoms with Gasteiger partial charge in [-0.3, -0.25) is 5.10 Å². The Balaban J connectivity index is 1.97. The van der Waals surface area contributed by atoms with Gasteiger partial charge < -0.3 is 9.72 Å². The number of nitrogens with zero attached hydrogens (tertiary/aromatic N) is 1. The Morgan fingerprint density at radius 1 is 1.30 bits per heavy atom. The summed E-state index contributed by atoms with van der Waals surface area (Å²) in [6, 6.07) is 2.14. The summed E-state index contributed by atoms with van der Waals surface area (Å²) in [5.74, 6) is 0.237. The summed E-state index contributed by atoms with van der Waals surface area (Å²) < 4.78 is 5.20. The second kappa shape index (κ2) is 7.02. The molecule has 1 aliphatic carbocycles. The Hall–Kier alpha value is -2.04. The summed E-state index contributed by atoms with van der Waals surface area (Å²) in [6.07, 6.45) is 9.58. The number of carbonyl (C=O) groups is 1. The first-order valence-electron chi connectivity index (χ1n) is 8.62. The molecule has 0 saturated heterocycles. The first kappa shape index (κ1) is 15.8. The Kier molecular flexibility index (Phi) is 4.84. The molecule has 0 amide bonds. The van der Waals surface area contributed by atoms with E-state index in [4.69, 9.17) is 4.74 Å². The molecule has 2 aromatic rings. The van der Waals surface area contributed by atoms with Gasteiger partial charge in [-0.15, -0.1) is 0 Å². The lowest BCUT2D eigenvalue weighted by Crippen LogP contribution is -2.08. The summed E-state index contributed by atoms with van der Waals surface area (Å²) in [5, 5.41) is 7.32. The van der Waals surface area contributed by atoms with E-state index in [2.05, 4.69) is 21.2 Å². The van der Waals surface area contributed by atoms with Gasteiger partial charge in [0.1, 0.15) is 11.3 Å². The molecule has 0 radical (unpaired) electrons. The van der Waals surface area contributed by atoms with Gasteiger partial charge in [-0.1, -0.05) is 25.7 Å². The van der Waals surface area contributed by atoms with E-state index in [-0.39, 0.29) is 5.97 Å². The topological polar surface area (TPSA) is 70.8 Å². The molecule has 2 aromatic heterocycles. The number of aromatic amines is 2. The Labute approximate surface area is 136 Å². The molecular weight excluding hydrogens is 290 g/mol. The average molecular weight is 315 g/mol. The molecule has 0 aliphatic heterocycles. The van der Waals surface area contributed by atoms with Gasteiger partial charge in [0.15, 0.2) is 0 Å². The van der Waals surface area contributed by atoms with Crippen LogP contribution in [0.1, 0.15) is 73.0 Å². The van der Waals surface area contributed by atoms with Crippen LogP contribution < -0.4 is 0 Å². The lowest BCUT2D eigenvalue weighted by atomic mass is 9.90. The van der Waals surface area contributed by atoms with Crippen LogP contribution in [0.15, 0.2) is 12.3 Å². The predicted octanol–water partition coefficient (Wildman–Crippen LogP) is 4.33. The van der Waals surface area contributed by atoms with Crippen molar-refractivity contribution in [1.82, 2.24) is 15.2 Å². The Bertz CT molecular complexity index is 664. The van der Waals surface area contributed by atoms with E-state index in [1.807, 2.05) is 20.0 Å². The second-order valence-corrected chi connectivity index (χ2v) is 6.29. The maximum Gasteiger partial charge on any atom is 0.342 e. The molecule has 124 valence electrons. The number of rotatable bonds is 4. The van der Waals surface area contributed by atoms with Gasteiger partial charge in [-0.25, -0.2) is 4.79 Å². The molecule has 23 heavy (non-hydrogen) atoms. The Morgan fingerprint density at radius 2 is 2.04 bits per heavy atom. The highest BCUT2D eigenvalue weighted by molar-refractivity contribution is 5.97. The molecule has 1 saturated carbocycles. The van der Waals surface area contributed by atoms with Crippen molar-refractivity contribution in [2.75, 3.05) is 6.61 Å². The summed E-state index contributed by atoms with van der Waals surface area (Å²) in [7, 11) is 0. The van der Waals surface area contributed by atoms with Crippen LogP contribution in [0.5, 0.6) is 0 Å². The van der Waals surface area contributed by atoms with Crippen molar-refractivity contribution in [3.05, 3.63) is 29.1 Å². The van der Waals surface area contributed by atoms with Gasteiger partial charge in [0.2, 0.25) is 0 Å². The van der Waals surface area contributed by atoms with Crippen LogP contribution >= 0.6 is 0 Å². The molecule has 0 atom stereocenters. The van der Waals surface area contributed by atoms with Crippen molar-refractivity contribution in [2.45, 2.75) is 58.3 Å². The van der Waals surface area contributed by atoms with Crippen LogP contribution in [-0.4, -0.2) is 27.8 Å². The molecule has 5 heteroatoms. The minimum Gasteiger partial charge on any atom is -0.462 e. The van der Waals surface area contributed by atoms with E-state index in [9.17, 15) is 4.79 Å². The van der Waals surface area contributed by atoms with Gasteiger partial charge in [0.25, 0.3) is 0 Å². The molecule has 2 heterocycles. The van der Waals surface area contributed by atoms with Crippen LogP contribution in [0.2, 0.25) is 0 Å². The van der Waals surface area contributed by atoms with Crippen molar-refractivity contribution in [1.29, 1.82) is 0 Å². The van der Waals surface area contributed by atoms with E-state index in [1.54, 1.807) is 0 Å². The average Bonchev–Trinajstić information content (AvgIpc) is 3.06. The molecule has 5 nitrogen and oxygen atoms in total. The fourth-order valence-corrected chi connectivity index (χ4v) is 3.58. The maximum atomic E-state index is 12.3. The summed E-state index contributed by atoms with van der Waals surface area (Å²) >= 11 is 0. The van der Waals surface area contributed by atoms with E-state index < -0.39 is 0 Å². The molecule has 1 aliphatic rings. The third-order valence-corrected chi connectivity index (χ3v) is 4.74. The molecule has 2 N–H and O–H groups in total. The fourth-order valence-electron chi connectivity index (χ4n) is 3.58. The standard InChI is InChI=1S/C18H25N3O2/c1-3-23-18(22)15-12(2)20-21-17(15)16-14(10-11-19-16)13-8-6-4-5-7-9-13/h10-11,13,19H,3-9H2,1-2H3,(H,20,21). The first-order chi connectivity index (χ1) is 11.2. The number of hydrogen-bond acceptors (Lipinski definition) is 3. The quantitative estimate of drug-likeness (QED) is 0.651. The van der Waals surface area contributed by atoms with Crippen molar-refractivity contribution < 1.29 is 9.53 Å². The maximum absolute atomic E-state index is 12.3. The molecule has 0 aromatic carbocycles. The van der Waals surface area contributed by atoms with E-state index in [1.165, 1.54) is 44.1 Å². The van der Waals surface area contributed by atoms with Crippen molar-refractivity contribution >= 4 is 5.97 Å². The van der Waals surface area contributed by atoms with Crippen LogP contribution in [0.4, 0.5) is 0 Å². The lowest BCUT2D eigenvalue weighted by molar-refractivity contribution is 0.0526. The first-order valence-corrected chi connectivity index (χ1v) is 8.62. The van der Waals surface area contributed by atoms with Gasteiger partial charge in [0.05, 0.1) is 12.3 Å². The van der Waals surface area contributed by atoms with Crippen LogP contribution in [0.25, 0.3) is 11.4 Å². The summed E-state index contributed by atoms with van der Waals surface area (Å²) in [5.41, 5.74) is 4.22. The fraction of sp³-hybridized carbons (Fsp3) is 0.556. The lowest BCUT2D eigenvalue weighted by Gasteiger charge is -2.15. The van der Waals surface area contributed by atoms with E-state index >= 15 is 0 Å². The highest BCUT2D eigenvalue weighted by Gasteiger charge is 2.26. The third-order valence-electron chi connectivity index (χ3n) is 4.74. The number of nitrogens with one attached hydrogen (secondary N) is 2. The number of aryl methyl sites for hydroxylation is 1. The monoisotopic (exact) mass is 315 g/mol. The Morgan fingerprint density at radius 3 is 2.74 bits per heavy atom. The minimum absolute atomic E-state index is 0.310. The van der Waals surface area contributed by atoms with Crippen molar-refractivity contribution in [3.8, 4) is 11.4 Å². The molecule has 3 rings (SSSR count). The summed E-state index contributed by atoms with van der Waals surface area (Å²) in [6.45, 7) is 4.04. The summed E-state index contributed by atoms with van der Waals surface area (Å²) in [4.78, 5) is 15.6. The smallest absolute Gasteiger partial charge is 0.342 e. The number of aromatic nitrogens is 3.